The van der Waals surface area contributed by atoms with Crippen LogP contribution < -0.4 is 9.80 Å². The lowest BCUT2D eigenvalue weighted by atomic mass is 9.65. The Kier molecular flexibility index (Phi) is 8.52. The van der Waals surface area contributed by atoms with Gasteiger partial charge in [0.1, 0.15) is 5.82 Å². The zero-order valence-electron chi connectivity index (χ0n) is 37.5. The van der Waals surface area contributed by atoms with Crippen molar-refractivity contribution in [2.45, 2.75) is 44.9 Å². The molecule has 0 atom stereocenters. The zero-order chi connectivity index (χ0) is 43.5. The highest BCUT2D eigenvalue weighted by atomic mass is 15.4. The summed E-state index contributed by atoms with van der Waals surface area (Å²) in [5.74, 6) is 1.58. The molecule has 4 heteroatoms. The van der Waals surface area contributed by atoms with Gasteiger partial charge in [0.25, 0.3) is 0 Å². The van der Waals surface area contributed by atoms with Gasteiger partial charge < -0.3 is 9.80 Å². The van der Waals surface area contributed by atoms with Gasteiger partial charge in [-0.3, -0.25) is 4.57 Å². The van der Waals surface area contributed by atoms with Crippen LogP contribution in [0.1, 0.15) is 77.0 Å². The third kappa shape index (κ3) is 6.01. The number of rotatable bonds is 9. The molecule has 2 aromatic heterocycles. The molecule has 0 saturated carbocycles. The number of benzene rings is 7. The van der Waals surface area contributed by atoms with E-state index in [4.69, 9.17) is 9.10 Å². The molecule has 0 amide bonds. The molecular formula is C56H50N4. The molecule has 0 spiro atoms. The molecule has 9 aromatic rings. The summed E-state index contributed by atoms with van der Waals surface area (Å²) in [5, 5.41) is 2.31. The molecule has 10 rings (SSSR count). The summed E-state index contributed by atoms with van der Waals surface area (Å²) in [5.41, 5.74) is 13.4. The Hall–Kier alpha value is -6.91. The van der Waals surface area contributed by atoms with Crippen LogP contribution in [-0.4, -0.2) is 23.2 Å². The van der Waals surface area contributed by atoms with Crippen LogP contribution in [-0.2, 0) is 5.41 Å². The summed E-state index contributed by atoms with van der Waals surface area (Å²) in [6.45, 7) is 7.01. The predicted octanol–water partition coefficient (Wildman–Crippen LogP) is 14.0. The van der Waals surface area contributed by atoms with Gasteiger partial charge in [-0.1, -0.05) is 161 Å². The highest BCUT2D eigenvalue weighted by molar-refractivity contribution is 6.09. The molecule has 1 aliphatic rings. The predicted molar refractivity (Wildman–Crippen MR) is 252 cm³/mol. The van der Waals surface area contributed by atoms with Crippen molar-refractivity contribution in [3.63, 3.8) is 0 Å². The first kappa shape index (κ1) is 34.0. The molecular weight excluding hydrogens is 729 g/mol. The van der Waals surface area contributed by atoms with Crippen LogP contribution in [0.25, 0.3) is 38.8 Å². The Labute approximate surface area is 358 Å². The van der Waals surface area contributed by atoms with Crippen LogP contribution in [0.3, 0.4) is 0 Å². The minimum absolute atomic E-state index is 0.210. The Morgan fingerprint density at radius 2 is 1.13 bits per heavy atom. The van der Waals surface area contributed by atoms with Crippen molar-refractivity contribution in [1.29, 1.82) is 0 Å². The number of hydrogen-bond acceptors (Lipinski definition) is 3. The van der Waals surface area contributed by atoms with Crippen LogP contribution in [0.4, 0.5) is 17.1 Å². The van der Waals surface area contributed by atoms with Crippen LogP contribution >= 0.6 is 0 Å². The second-order valence-electron chi connectivity index (χ2n) is 16.6. The molecule has 7 aromatic carbocycles. The van der Waals surface area contributed by atoms with Gasteiger partial charge in [0.15, 0.2) is 0 Å². The van der Waals surface area contributed by atoms with E-state index in [0.29, 0.717) is 17.5 Å². The molecule has 60 heavy (non-hydrogen) atoms. The second-order valence-corrected chi connectivity index (χ2v) is 16.6. The van der Waals surface area contributed by atoms with Crippen LogP contribution in [0, 0.1) is 0 Å². The average molecular weight is 782 g/mol. The summed E-state index contributed by atoms with van der Waals surface area (Å²) in [6.07, 6.45) is 1.96. The maximum Gasteiger partial charge on any atom is 0.138 e. The van der Waals surface area contributed by atoms with Gasteiger partial charge in [0, 0.05) is 33.7 Å². The van der Waals surface area contributed by atoms with Crippen molar-refractivity contribution in [2.24, 2.45) is 0 Å². The third-order valence-electron chi connectivity index (χ3n) is 12.5. The first-order chi connectivity index (χ1) is 30.6. The van der Waals surface area contributed by atoms with Crippen molar-refractivity contribution in [3.8, 4) is 16.9 Å². The van der Waals surface area contributed by atoms with Gasteiger partial charge in [0.2, 0.25) is 0 Å². The average Bonchev–Trinajstić information content (AvgIpc) is 3.87. The van der Waals surface area contributed by atoms with Crippen LogP contribution in [0.15, 0.2) is 188 Å². The highest BCUT2D eigenvalue weighted by Gasteiger charge is 2.39. The van der Waals surface area contributed by atoms with Crippen molar-refractivity contribution in [3.05, 3.63) is 222 Å². The van der Waals surface area contributed by atoms with Gasteiger partial charge in [-0.05, 0) is 105 Å². The number of anilines is 3. The number of fused-ring (bicyclic) bond motifs is 4. The molecule has 4 nitrogen and oxygen atoms in total. The number of para-hydroxylation sites is 3. The van der Waals surface area contributed by atoms with E-state index in [-0.39, 0.29) is 6.67 Å². The van der Waals surface area contributed by atoms with Gasteiger partial charge >= 0.3 is 0 Å². The Balaban J connectivity index is 1.23. The second kappa shape index (κ2) is 15.0. The van der Waals surface area contributed by atoms with E-state index in [9.17, 15) is 0 Å². The normalized spacial score (nSPS) is 13.9. The SMILES string of the molecule is [2H]C([2H])([2H])N1CN(c2cccc(C(c3ccccc3)(c3ccccc3)c3ccc4c5ccccc5n(-c5cc(-c6c(C(C)C)cccc6C(C)C)ccn5)c4c3)c2)c2ccccc21. The van der Waals surface area contributed by atoms with Crippen molar-refractivity contribution >= 4 is 38.9 Å². The lowest BCUT2D eigenvalue weighted by Crippen LogP contribution is -2.31. The standard InChI is InChI=1S/C56H50N4/c1-38(2)46-25-17-26-47(39(3)4)55(46)40-32-33-57-54(34-40)60-50-27-13-12-24-48(50)49-31-30-44(36-53(49)60)56(41-18-8-6-9-19-41,42-20-10-7-11-21-42)43-22-16-23-45(35-43)59-37-58(5)51-28-14-15-29-52(51)59/h6-36,38-39H,37H2,1-5H3/i5D3. The lowest BCUT2D eigenvalue weighted by Gasteiger charge is -2.37. The van der Waals surface area contributed by atoms with E-state index in [1.54, 1.807) is 0 Å². The summed E-state index contributed by atoms with van der Waals surface area (Å²) in [6, 6.07) is 64.7. The molecule has 0 radical (unpaired) electrons. The van der Waals surface area contributed by atoms with Crippen molar-refractivity contribution < 1.29 is 4.11 Å². The fourth-order valence-electron chi connectivity index (χ4n) is 9.75. The monoisotopic (exact) mass is 781 g/mol. The molecule has 0 aliphatic carbocycles. The minimum Gasteiger partial charge on any atom is -0.355 e. The van der Waals surface area contributed by atoms with Crippen molar-refractivity contribution in [1.82, 2.24) is 9.55 Å². The zero-order valence-corrected chi connectivity index (χ0v) is 34.5. The maximum atomic E-state index is 8.41. The highest BCUT2D eigenvalue weighted by Crippen LogP contribution is 2.49. The molecule has 0 saturated heterocycles. The fraction of sp³-hybridized carbons (Fsp3) is 0.161. The molecule has 0 N–H and O–H groups in total. The summed E-state index contributed by atoms with van der Waals surface area (Å²) in [7, 11) is 0. The smallest absolute Gasteiger partial charge is 0.138 e. The van der Waals surface area contributed by atoms with Gasteiger partial charge in [-0.15, -0.1) is 0 Å². The first-order valence-corrected chi connectivity index (χ1v) is 21.0. The van der Waals surface area contributed by atoms with Gasteiger partial charge in [0.05, 0.1) is 34.5 Å². The minimum atomic E-state index is -2.29. The summed E-state index contributed by atoms with van der Waals surface area (Å²) < 4.78 is 27.6. The molecule has 0 unspecified atom stereocenters. The van der Waals surface area contributed by atoms with Crippen LogP contribution in [0.2, 0.25) is 0 Å². The number of aromatic nitrogens is 2. The molecule has 3 heterocycles. The molecule has 294 valence electrons. The van der Waals surface area contributed by atoms with E-state index >= 15 is 0 Å². The maximum absolute atomic E-state index is 8.41. The van der Waals surface area contributed by atoms with E-state index in [1.165, 1.54) is 21.6 Å². The molecule has 0 fully saturated rings. The van der Waals surface area contributed by atoms with E-state index in [2.05, 4.69) is 195 Å². The number of hydrogen-bond donors (Lipinski definition) is 0. The van der Waals surface area contributed by atoms with E-state index < -0.39 is 12.4 Å². The van der Waals surface area contributed by atoms with E-state index in [0.717, 1.165) is 66.8 Å². The number of nitrogens with zero attached hydrogens (tertiary/aromatic N) is 4. The quantitative estimate of drug-likeness (QED) is 0.136. The van der Waals surface area contributed by atoms with Crippen LogP contribution in [0.5, 0.6) is 0 Å². The third-order valence-corrected chi connectivity index (χ3v) is 12.5. The number of pyridine rings is 1. The van der Waals surface area contributed by atoms with E-state index in [1.807, 2.05) is 30.5 Å². The largest absolute Gasteiger partial charge is 0.355 e. The Morgan fingerprint density at radius 1 is 0.533 bits per heavy atom. The Bertz CT molecular complexity index is 3050. The molecule has 0 bridgehead atoms. The Morgan fingerprint density at radius 3 is 1.83 bits per heavy atom. The fourth-order valence-corrected chi connectivity index (χ4v) is 9.75. The summed E-state index contributed by atoms with van der Waals surface area (Å²) in [4.78, 5) is 8.76. The summed E-state index contributed by atoms with van der Waals surface area (Å²) >= 11 is 0. The van der Waals surface area contributed by atoms with Crippen molar-refractivity contribution in [2.75, 3.05) is 23.4 Å². The lowest BCUT2D eigenvalue weighted by molar-refractivity contribution is 0.745. The molecule has 1 aliphatic heterocycles. The van der Waals surface area contributed by atoms with Gasteiger partial charge in [-0.2, -0.15) is 0 Å². The topological polar surface area (TPSA) is 24.3 Å². The first-order valence-electron chi connectivity index (χ1n) is 22.5. The van der Waals surface area contributed by atoms with Gasteiger partial charge in [-0.25, -0.2) is 4.98 Å².